The van der Waals surface area contributed by atoms with Crippen LogP contribution in [0.3, 0.4) is 0 Å². The average molecular weight is 369 g/mol. The van der Waals surface area contributed by atoms with Gasteiger partial charge in [-0.15, -0.1) is 0 Å². The molecule has 0 saturated heterocycles. The zero-order chi connectivity index (χ0) is 18.4. The lowest BCUT2D eigenvalue weighted by Gasteiger charge is -2.09. The van der Waals surface area contributed by atoms with Gasteiger partial charge in [0, 0.05) is 5.69 Å². The van der Waals surface area contributed by atoms with Crippen LogP contribution < -0.4 is 15.5 Å². The van der Waals surface area contributed by atoms with Crippen LogP contribution in [0.4, 0.5) is 5.69 Å². The van der Waals surface area contributed by atoms with Crippen LogP contribution in [0.1, 0.15) is 11.1 Å². The Morgan fingerprint density at radius 3 is 2.58 bits per heavy atom. The van der Waals surface area contributed by atoms with Crippen LogP contribution in [0.5, 0.6) is 5.75 Å². The van der Waals surface area contributed by atoms with E-state index in [1.54, 1.807) is 11.0 Å². The smallest absolute Gasteiger partial charge is 0.262 e. The number of aromatic nitrogens is 3. The van der Waals surface area contributed by atoms with Crippen molar-refractivity contribution in [1.82, 2.24) is 14.9 Å². The number of aryl methyl sites for hydroxylation is 1. The highest BCUT2D eigenvalue weighted by Gasteiger charge is 2.04. The number of rotatable bonds is 7. The zero-order valence-electron chi connectivity index (χ0n) is 14.2. The Balaban J connectivity index is 1.46. The number of carbonyl (C=O) groups is 1. The molecule has 3 rings (SSSR count). The molecule has 1 amide bonds. The van der Waals surface area contributed by atoms with Crippen molar-refractivity contribution in [3.63, 3.8) is 0 Å². The van der Waals surface area contributed by atoms with Crippen LogP contribution in [0.15, 0.2) is 54.9 Å². The highest BCUT2D eigenvalue weighted by molar-refractivity contribution is 7.71. The fourth-order valence-electron chi connectivity index (χ4n) is 2.22. The molecule has 1 aromatic heterocycles. The molecule has 0 aliphatic carbocycles. The minimum absolute atomic E-state index is 0.0460. The molecule has 0 atom stereocenters. The summed E-state index contributed by atoms with van der Waals surface area (Å²) in [5, 5.41) is 9.30. The molecule has 2 aromatic carbocycles. The molecule has 3 aromatic rings. The number of aromatic amines is 1. The third-order valence-corrected chi connectivity index (χ3v) is 3.92. The van der Waals surface area contributed by atoms with E-state index in [0.717, 1.165) is 16.8 Å². The third-order valence-electron chi connectivity index (χ3n) is 3.63. The molecule has 26 heavy (non-hydrogen) atoms. The number of hydrogen-bond acceptors (Lipinski definition) is 5. The van der Waals surface area contributed by atoms with Crippen molar-refractivity contribution in [1.29, 1.82) is 0 Å². The monoisotopic (exact) mass is 369 g/mol. The Morgan fingerprint density at radius 1 is 1.19 bits per heavy atom. The van der Waals surface area contributed by atoms with E-state index >= 15 is 0 Å². The molecule has 0 bridgehead atoms. The van der Waals surface area contributed by atoms with Gasteiger partial charge in [0.05, 0.1) is 6.54 Å². The van der Waals surface area contributed by atoms with E-state index in [2.05, 4.69) is 20.9 Å². The number of benzene rings is 2. The number of amides is 1. The summed E-state index contributed by atoms with van der Waals surface area (Å²) in [4.78, 5) is 11.9. The maximum Gasteiger partial charge on any atom is 0.262 e. The van der Waals surface area contributed by atoms with Gasteiger partial charge >= 0.3 is 0 Å². The van der Waals surface area contributed by atoms with Gasteiger partial charge < -0.3 is 15.5 Å². The molecule has 0 spiro atoms. The van der Waals surface area contributed by atoms with Gasteiger partial charge in [-0.05, 0) is 49.0 Å². The fraction of sp³-hybridized carbons (Fsp3) is 0.167. The Hall–Kier alpha value is -3.13. The third kappa shape index (κ3) is 4.93. The summed E-state index contributed by atoms with van der Waals surface area (Å²) in [6.07, 6.45) is 1.58. The van der Waals surface area contributed by atoms with Crippen molar-refractivity contribution in [2.45, 2.75) is 13.5 Å². The minimum atomic E-state index is -0.200. The molecule has 0 saturated carbocycles. The maximum atomic E-state index is 11.9. The summed E-state index contributed by atoms with van der Waals surface area (Å²) < 4.78 is 7.66. The van der Waals surface area contributed by atoms with E-state index in [9.17, 15) is 4.79 Å². The van der Waals surface area contributed by atoms with Crippen LogP contribution in [-0.2, 0) is 11.3 Å². The molecule has 1 heterocycles. The summed E-state index contributed by atoms with van der Waals surface area (Å²) >= 11 is 5.06. The number of ether oxygens (including phenoxy) is 1. The number of H-pyrrole nitrogens is 1. The van der Waals surface area contributed by atoms with E-state index < -0.39 is 0 Å². The second-order valence-corrected chi connectivity index (χ2v) is 6.10. The van der Waals surface area contributed by atoms with E-state index in [4.69, 9.17) is 17.0 Å². The van der Waals surface area contributed by atoms with Crippen LogP contribution in [0, 0.1) is 11.7 Å². The molecule has 0 fully saturated rings. The zero-order valence-corrected chi connectivity index (χ0v) is 15.0. The lowest BCUT2D eigenvalue weighted by atomic mass is 10.2. The first-order chi connectivity index (χ1) is 12.6. The average Bonchev–Trinajstić information content (AvgIpc) is 3.06. The van der Waals surface area contributed by atoms with Crippen molar-refractivity contribution >= 4 is 23.8 Å². The van der Waals surface area contributed by atoms with Gasteiger partial charge in [0.25, 0.3) is 5.91 Å². The summed E-state index contributed by atoms with van der Waals surface area (Å²) in [6.45, 7) is 2.54. The molecule has 3 N–H and O–H groups in total. The quantitative estimate of drug-likeness (QED) is 0.558. The molecule has 0 aliphatic heterocycles. The first-order valence-electron chi connectivity index (χ1n) is 8.04. The van der Waals surface area contributed by atoms with Crippen LogP contribution in [0.2, 0.25) is 0 Å². The van der Waals surface area contributed by atoms with E-state index in [0.29, 0.717) is 17.1 Å². The summed E-state index contributed by atoms with van der Waals surface area (Å²) in [6, 6.07) is 15.1. The van der Waals surface area contributed by atoms with Gasteiger partial charge in [0.1, 0.15) is 12.1 Å². The molecule has 134 valence electrons. The molecular weight excluding hydrogens is 350 g/mol. The normalized spacial score (nSPS) is 10.3. The largest absolute Gasteiger partial charge is 0.484 e. The Bertz CT molecular complexity index is 916. The predicted molar refractivity (Wildman–Crippen MR) is 102 cm³/mol. The van der Waals surface area contributed by atoms with E-state index in [-0.39, 0.29) is 12.5 Å². The number of carbonyl (C=O) groups excluding carboxylic acids is 1. The lowest BCUT2D eigenvalue weighted by molar-refractivity contribution is -0.118. The molecule has 7 nitrogen and oxygen atoms in total. The van der Waals surface area contributed by atoms with Gasteiger partial charge in [0.2, 0.25) is 4.77 Å². The second kappa shape index (κ2) is 8.30. The second-order valence-electron chi connectivity index (χ2n) is 5.71. The van der Waals surface area contributed by atoms with Crippen molar-refractivity contribution in [3.8, 4) is 5.75 Å². The van der Waals surface area contributed by atoms with Gasteiger partial charge in [-0.2, -0.15) is 5.10 Å². The summed E-state index contributed by atoms with van der Waals surface area (Å²) in [7, 11) is 0. The molecule has 8 heteroatoms. The molecule has 0 radical (unpaired) electrons. The fourth-order valence-corrected chi connectivity index (χ4v) is 2.39. The van der Waals surface area contributed by atoms with E-state index in [1.807, 2.05) is 55.5 Å². The summed E-state index contributed by atoms with van der Waals surface area (Å²) in [5.74, 6) is 0.432. The lowest BCUT2D eigenvalue weighted by Crippen LogP contribution is -2.20. The van der Waals surface area contributed by atoms with Gasteiger partial charge in [-0.1, -0.05) is 29.8 Å². The van der Waals surface area contributed by atoms with Crippen molar-refractivity contribution in [3.05, 3.63) is 70.8 Å². The maximum absolute atomic E-state index is 11.9. The highest BCUT2D eigenvalue weighted by Crippen LogP contribution is 2.13. The van der Waals surface area contributed by atoms with Gasteiger partial charge in [-0.25, -0.2) is 4.68 Å². The SMILES string of the molecule is Cc1ccc(NC(=O)COc2ccc(CNn3cn[nH]c3=S)cc2)cc1. The van der Waals surface area contributed by atoms with Gasteiger partial charge in [0.15, 0.2) is 6.61 Å². The molecule has 0 aliphatic rings. The van der Waals surface area contributed by atoms with Crippen molar-refractivity contribution in [2.24, 2.45) is 0 Å². The topological polar surface area (TPSA) is 84.0 Å². The molecular formula is C18H19N5O2S. The first kappa shape index (κ1) is 17.7. The van der Waals surface area contributed by atoms with Crippen LogP contribution in [0.25, 0.3) is 0 Å². The molecule has 0 unspecified atom stereocenters. The Morgan fingerprint density at radius 2 is 1.92 bits per heavy atom. The van der Waals surface area contributed by atoms with Gasteiger partial charge in [-0.3, -0.25) is 9.89 Å². The van der Waals surface area contributed by atoms with Crippen molar-refractivity contribution < 1.29 is 9.53 Å². The van der Waals surface area contributed by atoms with Crippen LogP contribution >= 0.6 is 12.2 Å². The number of anilines is 1. The van der Waals surface area contributed by atoms with Crippen molar-refractivity contribution in [2.75, 3.05) is 17.3 Å². The Labute approximate surface area is 156 Å². The summed E-state index contributed by atoms with van der Waals surface area (Å²) in [5.41, 5.74) is 6.07. The van der Waals surface area contributed by atoms with E-state index in [1.165, 1.54) is 0 Å². The Kier molecular flexibility index (Phi) is 5.65. The predicted octanol–water partition coefficient (Wildman–Crippen LogP) is 3.01. The first-order valence-corrected chi connectivity index (χ1v) is 8.45. The minimum Gasteiger partial charge on any atom is -0.484 e. The number of hydrogen-bond donors (Lipinski definition) is 3. The number of nitrogens with one attached hydrogen (secondary N) is 3. The number of nitrogens with zero attached hydrogens (tertiary/aromatic N) is 2. The van der Waals surface area contributed by atoms with Crippen LogP contribution in [-0.4, -0.2) is 27.4 Å². The highest BCUT2D eigenvalue weighted by atomic mass is 32.1. The standard InChI is InChI=1S/C18H19N5O2S/c1-13-2-6-15(7-3-13)21-17(24)11-25-16-8-4-14(5-9-16)10-20-23-12-19-22-18(23)26/h2-9,12,20H,10-11H2,1H3,(H,21,24)(H,22,26).